The zero-order chi connectivity index (χ0) is 5.70. The van der Waals surface area contributed by atoms with Crippen LogP contribution in [0.5, 0.6) is 0 Å². The van der Waals surface area contributed by atoms with Crippen molar-refractivity contribution in [3.63, 3.8) is 0 Å². The molecular weight excluding hydrogens is 204 g/mol. The first kappa shape index (κ1) is 11.2. The van der Waals surface area contributed by atoms with Gasteiger partial charge in [0.25, 0.3) is 0 Å². The predicted molar refractivity (Wildman–Crippen MR) is 27.2 cm³/mol. The van der Waals surface area contributed by atoms with Crippen LogP contribution in [0.2, 0.25) is 0 Å². The molecule has 0 aliphatic carbocycles. The zero-order valence-electron chi connectivity index (χ0n) is 5.18. The van der Waals surface area contributed by atoms with Gasteiger partial charge >= 0.3 is 5.97 Å². The Bertz CT molecular complexity index is 63.4. The van der Waals surface area contributed by atoms with Crippen molar-refractivity contribution in [2.75, 3.05) is 0 Å². The first-order valence-electron chi connectivity index (χ1n) is 2.49. The van der Waals surface area contributed by atoms with Crippen LogP contribution in [-0.4, -0.2) is 11.1 Å². The van der Waals surface area contributed by atoms with Gasteiger partial charge in [-0.2, -0.15) is 0 Å². The van der Waals surface area contributed by atoms with Crippen LogP contribution >= 0.6 is 0 Å². The van der Waals surface area contributed by atoms with E-state index in [1.165, 1.54) is 0 Å². The molecule has 0 amide bonds. The van der Waals surface area contributed by atoms with Crippen LogP contribution < -0.4 is 0 Å². The van der Waals surface area contributed by atoms with Gasteiger partial charge in [-0.15, -0.1) is 0 Å². The minimum atomic E-state index is -0.693. The van der Waals surface area contributed by atoms with Crippen molar-refractivity contribution >= 4 is 5.97 Å². The molecule has 3 heteroatoms. The van der Waals surface area contributed by atoms with Crippen LogP contribution in [0.4, 0.5) is 0 Å². The van der Waals surface area contributed by atoms with E-state index in [1.54, 1.807) is 0 Å². The van der Waals surface area contributed by atoms with Gasteiger partial charge in [-0.3, -0.25) is 4.79 Å². The maximum absolute atomic E-state index is 9.76. The van der Waals surface area contributed by atoms with Gasteiger partial charge in [0.05, 0.1) is 0 Å². The SMILES string of the molecule is CCCCC(=O)O.[Cd]. The Hall–Kier alpha value is 0.392. The minimum Gasteiger partial charge on any atom is -0.481 e. The molecule has 0 atom stereocenters. The second-order valence-electron chi connectivity index (χ2n) is 1.50. The molecule has 0 aromatic carbocycles. The number of rotatable bonds is 3. The molecule has 44 valence electrons. The second kappa shape index (κ2) is 7.39. The molecular formula is C5H10CdO2. The summed E-state index contributed by atoms with van der Waals surface area (Å²) in [7, 11) is 0. The maximum Gasteiger partial charge on any atom is 0.303 e. The number of unbranched alkanes of at least 4 members (excludes halogenated alkanes) is 1. The molecule has 0 aliphatic heterocycles. The topological polar surface area (TPSA) is 37.3 Å². The average Bonchev–Trinajstić information content (AvgIpc) is 1.61. The van der Waals surface area contributed by atoms with Gasteiger partial charge in [0.15, 0.2) is 0 Å². The third-order valence-corrected chi connectivity index (χ3v) is 0.744. The average molecular weight is 215 g/mol. The molecule has 8 heavy (non-hydrogen) atoms. The predicted octanol–water partition coefficient (Wildman–Crippen LogP) is 1.26. The molecule has 0 unspecified atom stereocenters. The summed E-state index contributed by atoms with van der Waals surface area (Å²) in [5, 5.41) is 8.04. The number of carboxylic acid groups (broad SMARTS) is 1. The van der Waals surface area contributed by atoms with Crippen LogP contribution in [-0.2, 0) is 32.1 Å². The molecule has 0 bridgehead atoms. The summed E-state index contributed by atoms with van der Waals surface area (Å²) in [4.78, 5) is 9.76. The van der Waals surface area contributed by atoms with E-state index in [0.717, 1.165) is 12.8 Å². The summed E-state index contributed by atoms with van der Waals surface area (Å²) in [6.45, 7) is 1.98. The summed E-state index contributed by atoms with van der Waals surface area (Å²) in [6.07, 6.45) is 2.08. The minimum absolute atomic E-state index is 0. The van der Waals surface area contributed by atoms with Crippen molar-refractivity contribution in [3.8, 4) is 0 Å². The Kier molecular flexibility index (Phi) is 10.4. The Labute approximate surface area is 69.4 Å². The molecule has 1 N–H and O–H groups in total. The van der Waals surface area contributed by atoms with Gasteiger partial charge in [0.1, 0.15) is 0 Å². The number of carbonyl (C=O) groups is 1. The van der Waals surface area contributed by atoms with E-state index in [0.29, 0.717) is 6.42 Å². The molecule has 0 radical (unpaired) electrons. The normalized spacial score (nSPS) is 7.62. The van der Waals surface area contributed by atoms with Crippen LogP contribution in [0, 0.1) is 0 Å². The molecule has 0 aliphatic rings. The molecule has 0 saturated heterocycles. The first-order chi connectivity index (χ1) is 3.27. The van der Waals surface area contributed by atoms with E-state index in [-0.39, 0.29) is 27.3 Å². The van der Waals surface area contributed by atoms with E-state index in [1.807, 2.05) is 6.92 Å². The fourth-order valence-electron chi connectivity index (χ4n) is 0.328. The summed E-state index contributed by atoms with van der Waals surface area (Å²) in [5.41, 5.74) is 0. The molecule has 0 fully saturated rings. The second-order valence-corrected chi connectivity index (χ2v) is 1.50. The van der Waals surface area contributed by atoms with Gasteiger partial charge in [0.2, 0.25) is 0 Å². The van der Waals surface area contributed by atoms with Crippen molar-refractivity contribution in [3.05, 3.63) is 0 Å². The third kappa shape index (κ3) is 9.63. The largest absolute Gasteiger partial charge is 0.481 e. The molecule has 0 aromatic heterocycles. The van der Waals surface area contributed by atoms with E-state index in [9.17, 15) is 4.79 Å². The molecule has 0 rings (SSSR count). The Morgan fingerprint density at radius 1 is 1.62 bits per heavy atom. The third-order valence-electron chi connectivity index (χ3n) is 0.744. The van der Waals surface area contributed by atoms with Gasteiger partial charge < -0.3 is 5.11 Å². The van der Waals surface area contributed by atoms with Crippen LogP contribution in [0.25, 0.3) is 0 Å². The standard InChI is InChI=1S/C5H10O2.Cd/c1-2-3-4-5(6)7;/h2-4H2,1H3,(H,6,7);. The van der Waals surface area contributed by atoms with Crippen molar-refractivity contribution in [1.82, 2.24) is 0 Å². The van der Waals surface area contributed by atoms with Crippen LogP contribution in [0.15, 0.2) is 0 Å². The smallest absolute Gasteiger partial charge is 0.303 e. The summed E-state index contributed by atoms with van der Waals surface area (Å²) < 4.78 is 0. The van der Waals surface area contributed by atoms with E-state index in [4.69, 9.17) is 5.11 Å². The number of aliphatic carboxylic acids is 1. The van der Waals surface area contributed by atoms with Crippen molar-refractivity contribution in [2.24, 2.45) is 0 Å². The molecule has 0 saturated carbocycles. The monoisotopic (exact) mass is 216 g/mol. The molecule has 2 nitrogen and oxygen atoms in total. The van der Waals surface area contributed by atoms with Crippen LogP contribution in [0.1, 0.15) is 26.2 Å². The van der Waals surface area contributed by atoms with Crippen molar-refractivity contribution in [2.45, 2.75) is 26.2 Å². The number of hydrogen-bond donors (Lipinski definition) is 1. The van der Waals surface area contributed by atoms with E-state index < -0.39 is 5.97 Å². The van der Waals surface area contributed by atoms with Crippen molar-refractivity contribution < 1.29 is 37.2 Å². The molecule has 0 aromatic rings. The number of hydrogen-bond acceptors (Lipinski definition) is 1. The zero-order valence-corrected chi connectivity index (χ0v) is 9.22. The fourth-order valence-corrected chi connectivity index (χ4v) is 0.328. The quantitative estimate of drug-likeness (QED) is 0.718. The van der Waals surface area contributed by atoms with E-state index in [2.05, 4.69) is 0 Å². The summed E-state index contributed by atoms with van der Waals surface area (Å²) in [6, 6.07) is 0. The Morgan fingerprint density at radius 3 is 2.25 bits per heavy atom. The van der Waals surface area contributed by atoms with Crippen LogP contribution in [0.3, 0.4) is 0 Å². The fraction of sp³-hybridized carbons (Fsp3) is 0.800. The van der Waals surface area contributed by atoms with Gasteiger partial charge in [-0.05, 0) is 6.42 Å². The number of carboxylic acids is 1. The molecule has 0 spiro atoms. The van der Waals surface area contributed by atoms with Gasteiger partial charge in [0, 0.05) is 33.7 Å². The summed E-state index contributed by atoms with van der Waals surface area (Å²) >= 11 is 0. The van der Waals surface area contributed by atoms with E-state index >= 15 is 0 Å². The Morgan fingerprint density at radius 2 is 2.12 bits per heavy atom. The molecule has 0 heterocycles. The van der Waals surface area contributed by atoms with Gasteiger partial charge in [-0.25, -0.2) is 0 Å². The summed E-state index contributed by atoms with van der Waals surface area (Å²) in [5.74, 6) is -0.693. The van der Waals surface area contributed by atoms with Gasteiger partial charge in [-0.1, -0.05) is 13.3 Å². The maximum atomic E-state index is 9.76. The first-order valence-corrected chi connectivity index (χ1v) is 2.49. The van der Waals surface area contributed by atoms with Crippen molar-refractivity contribution in [1.29, 1.82) is 0 Å². The Balaban J connectivity index is 0.